The van der Waals surface area contributed by atoms with E-state index in [2.05, 4.69) is 30.6 Å². The molecular formula is C15H11BrClN3O4S2. The number of halogens is 2. The van der Waals surface area contributed by atoms with E-state index in [1.165, 1.54) is 18.5 Å². The highest BCUT2D eigenvalue weighted by Gasteiger charge is 2.26. The van der Waals surface area contributed by atoms with Crippen LogP contribution < -0.4 is 9.46 Å². The van der Waals surface area contributed by atoms with Crippen LogP contribution in [0.15, 0.2) is 55.7 Å². The van der Waals surface area contributed by atoms with E-state index in [4.69, 9.17) is 33.0 Å². The minimum Gasteiger partial charge on any atom is -0.467 e. The van der Waals surface area contributed by atoms with Crippen LogP contribution in [0, 0.1) is 0 Å². The molecule has 1 N–H and O–H groups in total. The molecule has 0 atom stereocenters. The molecule has 26 heavy (non-hydrogen) atoms. The summed E-state index contributed by atoms with van der Waals surface area (Å²) in [5, 5.41) is 0.301. The van der Waals surface area contributed by atoms with E-state index in [0.717, 1.165) is 0 Å². The van der Waals surface area contributed by atoms with Crippen molar-refractivity contribution >= 4 is 60.5 Å². The van der Waals surface area contributed by atoms with Crippen LogP contribution >= 0.6 is 39.7 Å². The molecule has 0 amide bonds. The first kappa shape index (κ1) is 19.0. The first-order valence-corrected chi connectivity index (χ1v) is 10.2. The largest absolute Gasteiger partial charge is 0.467 e. The van der Waals surface area contributed by atoms with Gasteiger partial charge in [0.15, 0.2) is 0 Å². The lowest BCUT2D eigenvalue weighted by molar-refractivity contribution is 0.261. The fourth-order valence-electron chi connectivity index (χ4n) is 2.02. The molecule has 0 saturated carbocycles. The molecule has 7 nitrogen and oxygen atoms in total. The second-order valence-electron chi connectivity index (χ2n) is 5.04. The van der Waals surface area contributed by atoms with Crippen LogP contribution in [0.5, 0.6) is 5.88 Å². The Morgan fingerprint density at radius 1 is 1.46 bits per heavy atom. The number of hydrogen-bond acceptors (Lipinski definition) is 7. The highest BCUT2D eigenvalue weighted by atomic mass is 79.9. The van der Waals surface area contributed by atoms with Gasteiger partial charge in [-0.1, -0.05) is 29.9 Å². The molecule has 2 aromatic rings. The van der Waals surface area contributed by atoms with Gasteiger partial charge in [-0.3, -0.25) is 4.72 Å². The third-order valence-electron chi connectivity index (χ3n) is 3.19. The number of thiocarbonyl (C=S) groups is 1. The summed E-state index contributed by atoms with van der Waals surface area (Å²) in [6, 6.07) is 3.43. The topological polar surface area (TPSA) is 94.3 Å². The molecule has 0 aliphatic heterocycles. The molecule has 0 spiro atoms. The fraction of sp³-hybridized carbons (Fsp3) is 0.133. The highest BCUT2D eigenvalue weighted by molar-refractivity contribution is 9.10. The normalized spacial score (nSPS) is 14.6. The Balaban J connectivity index is 1.87. The van der Waals surface area contributed by atoms with E-state index in [0.29, 0.717) is 15.4 Å². The predicted molar refractivity (Wildman–Crippen MR) is 105 cm³/mol. The quantitative estimate of drug-likeness (QED) is 0.631. The van der Waals surface area contributed by atoms with Crippen molar-refractivity contribution in [2.75, 3.05) is 4.72 Å². The number of furan rings is 1. The van der Waals surface area contributed by atoms with Gasteiger partial charge in [-0.25, -0.2) is 18.4 Å². The Labute approximate surface area is 168 Å². The zero-order chi connectivity index (χ0) is 18.7. The molecule has 0 fully saturated rings. The Morgan fingerprint density at radius 2 is 2.27 bits per heavy atom. The Hall–Kier alpha value is -1.75. The van der Waals surface area contributed by atoms with Gasteiger partial charge in [-0.15, -0.1) is 0 Å². The van der Waals surface area contributed by atoms with E-state index in [-0.39, 0.29) is 34.5 Å². The number of rotatable bonds is 6. The monoisotopic (exact) mass is 475 g/mol. The maximum atomic E-state index is 12.7. The van der Waals surface area contributed by atoms with Gasteiger partial charge in [-0.2, -0.15) is 0 Å². The summed E-state index contributed by atoms with van der Waals surface area (Å²) in [4.78, 5) is 8.31. The minimum atomic E-state index is -4.00. The minimum absolute atomic E-state index is 0.0108. The standard InChI is InChI=1S/C15H11BrClN3O4S2/c16-13-7-18-14(15(19-13)24-8-10-2-1-5-23-10)20-26(21,22)12-6-9(17)3-4-11(12)25/h1-3,5-7H,4,8H2,(H,18,20). The van der Waals surface area contributed by atoms with Crippen LogP contribution in [0.2, 0.25) is 0 Å². The van der Waals surface area contributed by atoms with Crippen LogP contribution in [0.1, 0.15) is 12.2 Å². The number of anilines is 1. The maximum Gasteiger partial charge on any atom is 0.264 e. The molecule has 0 radical (unpaired) electrons. The van der Waals surface area contributed by atoms with E-state index >= 15 is 0 Å². The molecule has 2 heterocycles. The number of nitrogens with zero attached hydrogens (tertiary/aromatic N) is 2. The second-order valence-corrected chi connectivity index (χ2v) is 8.44. The van der Waals surface area contributed by atoms with Crippen molar-refractivity contribution in [1.82, 2.24) is 9.97 Å². The average molecular weight is 477 g/mol. The Morgan fingerprint density at radius 3 is 3.00 bits per heavy atom. The smallest absolute Gasteiger partial charge is 0.264 e. The molecular weight excluding hydrogens is 466 g/mol. The van der Waals surface area contributed by atoms with Crippen LogP contribution in [-0.2, 0) is 16.6 Å². The third kappa shape index (κ3) is 4.50. The summed E-state index contributed by atoms with van der Waals surface area (Å²) < 4.78 is 38.8. The lowest BCUT2D eigenvalue weighted by atomic mass is 10.2. The zero-order valence-electron chi connectivity index (χ0n) is 13.0. The number of ether oxygens (including phenoxy) is 1. The van der Waals surface area contributed by atoms with Crippen LogP contribution in [-0.4, -0.2) is 23.3 Å². The number of hydrogen-bond donors (Lipinski definition) is 1. The summed E-state index contributed by atoms with van der Waals surface area (Å²) >= 11 is 14.2. The zero-order valence-corrected chi connectivity index (χ0v) is 17.0. The summed E-state index contributed by atoms with van der Waals surface area (Å²) in [5.41, 5.74) is 0. The van der Waals surface area contributed by atoms with Crippen molar-refractivity contribution in [3.05, 3.63) is 57.0 Å². The lowest BCUT2D eigenvalue weighted by Crippen LogP contribution is -2.22. The van der Waals surface area contributed by atoms with Crippen molar-refractivity contribution in [2.45, 2.75) is 13.0 Å². The van der Waals surface area contributed by atoms with E-state index in [1.807, 2.05) is 0 Å². The van der Waals surface area contributed by atoms with E-state index in [9.17, 15) is 8.42 Å². The molecule has 0 saturated heterocycles. The van der Waals surface area contributed by atoms with Gasteiger partial charge in [0.2, 0.25) is 5.82 Å². The predicted octanol–water partition coefficient (Wildman–Crippen LogP) is 3.93. The summed E-state index contributed by atoms with van der Waals surface area (Å²) in [5.74, 6) is 0.464. The summed E-state index contributed by atoms with van der Waals surface area (Å²) in [6.07, 6.45) is 6.06. The number of sulfonamides is 1. The van der Waals surface area contributed by atoms with Crippen molar-refractivity contribution in [3.8, 4) is 5.88 Å². The Bertz CT molecular complexity index is 1000. The molecule has 11 heteroatoms. The number of nitrogens with one attached hydrogen (secondary N) is 1. The number of allylic oxidation sites excluding steroid dienone is 4. The maximum absolute atomic E-state index is 12.7. The molecule has 0 aromatic carbocycles. The average Bonchev–Trinajstić information content (AvgIpc) is 3.10. The Kier molecular flexibility index (Phi) is 5.76. The van der Waals surface area contributed by atoms with Crippen molar-refractivity contribution in [3.63, 3.8) is 0 Å². The van der Waals surface area contributed by atoms with Crippen molar-refractivity contribution in [2.24, 2.45) is 0 Å². The first-order chi connectivity index (χ1) is 12.3. The molecule has 136 valence electrons. The summed E-state index contributed by atoms with van der Waals surface area (Å²) in [6.45, 7) is 0.0581. The van der Waals surface area contributed by atoms with Crippen molar-refractivity contribution < 1.29 is 17.6 Å². The number of aromatic nitrogens is 2. The molecule has 0 bridgehead atoms. The van der Waals surface area contributed by atoms with Gasteiger partial charge < -0.3 is 9.15 Å². The summed E-state index contributed by atoms with van der Waals surface area (Å²) in [7, 11) is -4.00. The van der Waals surface area contributed by atoms with Gasteiger partial charge in [0.25, 0.3) is 15.9 Å². The van der Waals surface area contributed by atoms with E-state index < -0.39 is 10.0 Å². The fourth-order valence-corrected chi connectivity index (χ4v) is 4.18. The van der Waals surface area contributed by atoms with Crippen molar-refractivity contribution in [1.29, 1.82) is 0 Å². The third-order valence-corrected chi connectivity index (χ3v) is 5.76. The van der Waals surface area contributed by atoms with Gasteiger partial charge in [0, 0.05) is 16.3 Å². The molecule has 1 aliphatic carbocycles. The molecule has 1 aliphatic rings. The van der Waals surface area contributed by atoms with Crippen LogP contribution in [0.3, 0.4) is 0 Å². The SMILES string of the molecule is O=S(=O)(Nc1ncc(Br)nc1OCc1ccco1)C1=CC(Cl)=CCC1=S. The highest BCUT2D eigenvalue weighted by Crippen LogP contribution is 2.28. The van der Waals surface area contributed by atoms with Gasteiger partial charge in [0.05, 0.1) is 12.5 Å². The lowest BCUT2D eigenvalue weighted by Gasteiger charge is -2.15. The van der Waals surface area contributed by atoms with Gasteiger partial charge >= 0.3 is 0 Å². The molecule has 2 aromatic heterocycles. The second kappa shape index (κ2) is 7.87. The van der Waals surface area contributed by atoms with Gasteiger partial charge in [-0.05, 0) is 34.1 Å². The molecule has 0 unspecified atom stereocenters. The van der Waals surface area contributed by atoms with E-state index in [1.54, 1.807) is 18.2 Å². The molecule has 3 rings (SSSR count). The van der Waals surface area contributed by atoms with Crippen LogP contribution in [0.4, 0.5) is 5.82 Å². The first-order valence-electron chi connectivity index (χ1n) is 7.16. The van der Waals surface area contributed by atoms with Gasteiger partial charge in [0.1, 0.15) is 21.9 Å². The van der Waals surface area contributed by atoms with Crippen LogP contribution in [0.25, 0.3) is 0 Å².